The lowest BCUT2D eigenvalue weighted by atomic mass is 10.4. The molecule has 0 aromatic carbocycles. The highest BCUT2D eigenvalue weighted by molar-refractivity contribution is 7.98. The number of pyridine rings is 1. The zero-order chi connectivity index (χ0) is 16.3. The van der Waals surface area contributed by atoms with Crippen LogP contribution in [-0.2, 0) is 11.9 Å². The molecule has 0 saturated heterocycles. The molecule has 9 heteroatoms. The minimum atomic E-state index is -4.47. The molecule has 0 N–H and O–H groups in total. The standard InChI is InChI=1S/C14H9F3N4S2/c15-14(16,17)11-4-6-19-13(21-11)23-8-9-7-22-12(20-9)10-3-1-2-5-18-10/h1-7H,8H2. The fourth-order valence-corrected chi connectivity index (χ4v) is 3.31. The van der Waals surface area contributed by atoms with Crippen LogP contribution < -0.4 is 0 Å². The fourth-order valence-electron chi connectivity index (χ4n) is 1.69. The van der Waals surface area contributed by atoms with E-state index in [0.717, 1.165) is 40.4 Å². The molecule has 0 spiro atoms. The van der Waals surface area contributed by atoms with E-state index in [9.17, 15) is 13.2 Å². The molecular weight excluding hydrogens is 345 g/mol. The molecule has 118 valence electrons. The Balaban J connectivity index is 1.69. The first-order chi connectivity index (χ1) is 11.0. The van der Waals surface area contributed by atoms with Crippen LogP contribution in [0.4, 0.5) is 13.2 Å². The van der Waals surface area contributed by atoms with Crippen LogP contribution in [0.2, 0.25) is 0 Å². The van der Waals surface area contributed by atoms with E-state index < -0.39 is 11.9 Å². The summed E-state index contributed by atoms with van der Waals surface area (Å²) in [4.78, 5) is 16.0. The van der Waals surface area contributed by atoms with Crippen molar-refractivity contribution >= 4 is 23.1 Å². The van der Waals surface area contributed by atoms with E-state index in [1.165, 1.54) is 11.3 Å². The minimum absolute atomic E-state index is 0.0761. The predicted molar refractivity (Wildman–Crippen MR) is 81.9 cm³/mol. The van der Waals surface area contributed by atoms with Crippen LogP contribution in [0.5, 0.6) is 0 Å². The average molecular weight is 354 g/mol. The van der Waals surface area contributed by atoms with Crippen LogP contribution in [-0.4, -0.2) is 19.9 Å². The maximum Gasteiger partial charge on any atom is 0.433 e. The summed E-state index contributed by atoms with van der Waals surface area (Å²) in [6, 6.07) is 6.39. The van der Waals surface area contributed by atoms with Crippen molar-refractivity contribution in [2.24, 2.45) is 0 Å². The first kappa shape index (κ1) is 15.9. The smallest absolute Gasteiger partial charge is 0.254 e. The summed E-state index contributed by atoms with van der Waals surface area (Å²) in [7, 11) is 0. The Labute approximate surface area is 137 Å². The molecule has 3 heterocycles. The highest BCUT2D eigenvalue weighted by Gasteiger charge is 2.32. The van der Waals surface area contributed by atoms with Crippen LogP contribution in [0.25, 0.3) is 10.7 Å². The Morgan fingerprint density at radius 2 is 1.91 bits per heavy atom. The van der Waals surface area contributed by atoms with E-state index in [-0.39, 0.29) is 5.16 Å². The van der Waals surface area contributed by atoms with E-state index in [4.69, 9.17) is 0 Å². The Hall–Kier alpha value is -2.00. The molecule has 0 atom stereocenters. The van der Waals surface area contributed by atoms with Crippen LogP contribution in [0.15, 0.2) is 47.2 Å². The number of aromatic nitrogens is 4. The summed E-state index contributed by atoms with van der Waals surface area (Å²) >= 11 is 2.55. The molecule has 3 aromatic rings. The van der Waals surface area contributed by atoms with Crippen molar-refractivity contribution in [3.05, 3.63) is 53.4 Å². The molecule has 0 amide bonds. The zero-order valence-corrected chi connectivity index (χ0v) is 13.1. The number of nitrogens with zero attached hydrogens (tertiary/aromatic N) is 4. The van der Waals surface area contributed by atoms with Gasteiger partial charge in [-0.2, -0.15) is 13.2 Å². The molecule has 0 aliphatic heterocycles. The van der Waals surface area contributed by atoms with Gasteiger partial charge in [-0.25, -0.2) is 15.0 Å². The van der Waals surface area contributed by atoms with Gasteiger partial charge in [-0.15, -0.1) is 11.3 Å². The Bertz CT molecular complexity index is 790. The third kappa shape index (κ3) is 4.05. The van der Waals surface area contributed by atoms with Gasteiger partial charge in [0.05, 0.1) is 11.4 Å². The van der Waals surface area contributed by atoms with Gasteiger partial charge >= 0.3 is 6.18 Å². The maximum atomic E-state index is 12.6. The number of halogens is 3. The summed E-state index contributed by atoms with van der Waals surface area (Å²) in [5.74, 6) is 0.393. The van der Waals surface area contributed by atoms with Crippen LogP contribution >= 0.6 is 23.1 Å². The number of thioether (sulfide) groups is 1. The average Bonchev–Trinajstić information content (AvgIpc) is 3.02. The molecule has 0 aliphatic carbocycles. The molecule has 0 aliphatic rings. The number of thiazole rings is 1. The van der Waals surface area contributed by atoms with Crippen molar-refractivity contribution in [1.82, 2.24) is 19.9 Å². The second-order valence-electron chi connectivity index (χ2n) is 4.37. The van der Waals surface area contributed by atoms with Crippen molar-refractivity contribution in [2.45, 2.75) is 17.1 Å². The monoisotopic (exact) mass is 354 g/mol. The summed E-state index contributed by atoms with van der Waals surface area (Å²) in [6.07, 6.45) is -1.68. The number of alkyl halides is 3. The van der Waals surface area contributed by atoms with Gasteiger partial charge in [0.2, 0.25) is 0 Å². The van der Waals surface area contributed by atoms with Crippen molar-refractivity contribution in [3.8, 4) is 10.7 Å². The highest BCUT2D eigenvalue weighted by Crippen LogP contribution is 2.29. The van der Waals surface area contributed by atoms with E-state index in [2.05, 4.69) is 19.9 Å². The molecule has 4 nitrogen and oxygen atoms in total. The predicted octanol–water partition coefficient (Wildman–Crippen LogP) is 4.31. The van der Waals surface area contributed by atoms with Gasteiger partial charge in [0, 0.05) is 23.5 Å². The highest BCUT2D eigenvalue weighted by atomic mass is 32.2. The largest absolute Gasteiger partial charge is 0.433 e. The van der Waals surface area contributed by atoms with Gasteiger partial charge in [0.25, 0.3) is 0 Å². The second kappa shape index (κ2) is 6.63. The summed E-state index contributed by atoms with van der Waals surface area (Å²) in [6.45, 7) is 0. The maximum absolute atomic E-state index is 12.6. The van der Waals surface area contributed by atoms with Gasteiger partial charge in [0.15, 0.2) is 5.16 Å². The van der Waals surface area contributed by atoms with Crippen molar-refractivity contribution in [3.63, 3.8) is 0 Å². The number of hydrogen-bond acceptors (Lipinski definition) is 6. The fraction of sp³-hybridized carbons (Fsp3) is 0.143. The SMILES string of the molecule is FC(F)(F)c1ccnc(SCc2csc(-c3ccccn3)n2)n1. The van der Waals surface area contributed by atoms with Crippen LogP contribution in [0, 0.1) is 0 Å². The van der Waals surface area contributed by atoms with E-state index in [0.29, 0.717) is 5.75 Å². The Kier molecular flexibility index (Phi) is 4.58. The van der Waals surface area contributed by atoms with E-state index in [1.807, 2.05) is 23.6 Å². The summed E-state index contributed by atoms with van der Waals surface area (Å²) < 4.78 is 37.8. The van der Waals surface area contributed by atoms with Crippen molar-refractivity contribution in [2.75, 3.05) is 0 Å². The lowest BCUT2D eigenvalue weighted by Gasteiger charge is -2.05. The van der Waals surface area contributed by atoms with Gasteiger partial charge in [-0.3, -0.25) is 4.98 Å². The molecule has 23 heavy (non-hydrogen) atoms. The molecule has 3 aromatic heterocycles. The number of hydrogen-bond donors (Lipinski definition) is 0. The summed E-state index contributed by atoms with van der Waals surface area (Å²) in [5, 5.41) is 2.70. The van der Waals surface area contributed by atoms with Crippen LogP contribution in [0.1, 0.15) is 11.4 Å². The molecule has 0 fully saturated rings. The first-order valence-corrected chi connectivity index (χ1v) is 8.28. The van der Waals surface area contributed by atoms with E-state index >= 15 is 0 Å². The van der Waals surface area contributed by atoms with Gasteiger partial charge < -0.3 is 0 Å². The Morgan fingerprint density at radius 1 is 1.04 bits per heavy atom. The van der Waals surface area contributed by atoms with Gasteiger partial charge in [0.1, 0.15) is 10.7 Å². The third-order valence-corrected chi connectivity index (χ3v) is 4.52. The summed E-state index contributed by atoms with van der Waals surface area (Å²) in [5.41, 5.74) is 0.577. The van der Waals surface area contributed by atoms with Gasteiger partial charge in [-0.1, -0.05) is 17.8 Å². The van der Waals surface area contributed by atoms with E-state index in [1.54, 1.807) is 6.20 Å². The normalized spacial score (nSPS) is 11.6. The first-order valence-electron chi connectivity index (χ1n) is 6.41. The topological polar surface area (TPSA) is 51.6 Å². The molecular formula is C14H9F3N4S2. The molecule has 0 unspecified atom stereocenters. The lowest BCUT2D eigenvalue weighted by molar-refractivity contribution is -0.141. The van der Waals surface area contributed by atoms with Crippen LogP contribution in [0.3, 0.4) is 0 Å². The Morgan fingerprint density at radius 3 is 2.65 bits per heavy atom. The molecule has 0 radical (unpaired) electrons. The third-order valence-electron chi connectivity index (χ3n) is 2.71. The number of rotatable bonds is 4. The molecule has 0 saturated carbocycles. The minimum Gasteiger partial charge on any atom is -0.254 e. The zero-order valence-electron chi connectivity index (χ0n) is 11.5. The second-order valence-corrected chi connectivity index (χ2v) is 6.17. The van der Waals surface area contributed by atoms with Crippen molar-refractivity contribution < 1.29 is 13.2 Å². The van der Waals surface area contributed by atoms with Gasteiger partial charge in [-0.05, 0) is 18.2 Å². The molecule has 0 bridgehead atoms. The quantitative estimate of drug-likeness (QED) is 0.516. The molecule has 3 rings (SSSR count). The van der Waals surface area contributed by atoms with Crippen molar-refractivity contribution in [1.29, 1.82) is 0 Å². The lowest BCUT2D eigenvalue weighted by Crippen LogP contribution is -2.08.